The molecule has 0 saturated heterocycles. The fourth-order valence-corrected chi connectivity index (χ4v) is 3.73. The predicted octanol–water partition coefficient (Wildman–Crippen LogP) is 2.77. The summed E-state index contributed by atoms with van der Waals surface area (Å²) in [7, 11) is -1.02. The van der Waals surface area contributed by atoms with Crippen LogP contribution in [0.3, 0.4) is 0 Å². The largest absolute Gasteiger partial charge is 0.198 e. The lowest BCUT2D eigenvalue weighted by atomic mass is 10.3. The molecule has 56 valence electrons. The summed E-state index contributed by atoms with van der Waals surface area (Å²) >= 11 is 0. The molecule has 0 unspecified atom stereocenters. The maximum Gasteiger partial charge on any atom is 0.0624 e. The van der Waals surface area contributed by atoms with Crippen molar-refractivity contribution in [2.45, 2.75) is 43.9 Å². The third-order valence-electron chi connectivity index (χ3n) is 2.86. The van der Waals surface area contributed by atoms with E-state index in [4.69, 9.17) is 5.26 Å². The van der Waals surface area contributed by atoms with Gasteiger partial charge in [0.2, 0.25) is 0 Å². The molecule has 10 heavy (non-hydrogen) atoms. The smallest absolute Gasteiger partial charge is 0.0624 e. The van der Waals surface area contributed by atoms with E-state index >= 15 is 0 Å². The summed E-state index contributed by atoms with van der Waals surface area (Å²) in [5, 5.41) is 9.09. The van der Waals surface area contributed by atoms with E-state index in [1.165, 1.54) is 12.8 Å². The standard InChI is InChI=1S/C8H15NSi/c1-10(2,3)8(4-5-8)6-7-9/h4-6H2,1-3H3. The molecule has 1 fully saturated rings. The summed E-state index contributed by atoms with van der Waals surface area (Å²) in [5.74, 6) is 0. The minimum Gasteiger partial charge on any atom is -0.198 e. The van der Waals surface area contributed by atoms with Crippen molar-refractivity contribution < 1.29 is 0 Å². The van der Waals surface area contributed by atoms with Gasteiger partial charge >= 0.3 is 0 Å². The second-order valence-electron chi connectivity index (χ2n) is 4.37. The first kappa shape index (κ1) is 7.81. The lowest BCUT2D eigenvalue weighted by Gasteiger charge is -2.26. The van der Waals surface area contributed by atoms with Crippen LogP contribution in [0.5, 0.6) is 0 Å². The van der Waals surface area contributed by atoms with Gasteiger partial charge in [-0.1, -0.05) is 19.6 Å². The van der Waals surface area contributed by atoms with E-state index in [0.29, 0.717) is 5.04 Å². The lowest BCUT2D eigenvalue weighted by Crippen LogP contribution is -2.29. The molecule has 0 amide bonds. The normalized spacial score (nSPS) is 21.8. The van der Waals surface area contributed by atoms with Gasteiger partial charge in [-0.3, -0.25) is 0 Å². The van der Waals surface area contributed by atoms with E-state index in [-0.39, 0.29) is 0 Å². The molecule has 0 N–H and O–H groups in total. The first-order valence-corrected chi connectivity index (χ1v) is 7.39. The number of hydrogen-bond acceptors (Lipinski definition) is 1. The van der Waals surface area contributed by atoms with Crippen molar-refractivity contribution in [1.82, 2.24) is 0 Å². The molecule has 1 aliphatic rings. The molecule has 1 nitrogen and oxygen atoms in total. The molecule has 0 aromatic carbocycles. The summed E-state index contributed by atoms with van der Waals surface area (Å²) in [6.07, 6.45) is 3.44. The highest BCUT2D eigenvalue weighted by molar-refractivity contribution is 6.80. The van der Waals surface area contributed by atoms with Crippen molar-refractivity contribution in [3.63, 3.8) is 0 Å². The Hall–Kier alpha value is -0.293. The molecule has 1 saturated carbocycles. The van der Waals surface area contributed by atoms with Crippen LogP contribution in [0.4, 0.5) is 0 Å². The second-order valence-corrected chi connectivity index (χ2v) is 9.93. The molecule has 0 aromatic heterocycles. The maximum atomic E-state index is 8.58. The average molecular weight is 153 g/mol. The van der Waals surface area contributed by atoms with Gasteiger partial charge in [0.1, 0.15) is 0 Å². The maximum absolute atomic E-state index is 8.58. The van der Waals surface area contributed by atoms with Crippen LogP contribution in [0.25, 0.3) is 0 Å². The first-order chi connectivity index (χ1) is 4.52. The SMILES string of the molecule is C[Si](C)(C)C1(CC#N)CC1. The van der Waals surface area contributed by atoms with E-state index in [0.717, 1.165) is 6.42 Å². The molecule has 0 spiro atoms. The van der Waals surface area contributed by atoms with Gasteiger partial charge in [0, 0.05) is 6.42 Å². The van der Waals surface area contributed by atoms with Crippen molar-refractivity contribution in [2.24, 2.45) is 0 Å². The monoisotopic (exact) mass is 153 g/mol. The Morgan fingerprint density at radius 3 is 2.00 bits per heavy atom. The molecule has 1 rings (SSSR count). The molecular formula is C8H15NSi. The third-order valence-corrected chi connectivity index (χ3v) is 6.72. The zero-order chi connectivity index (χ0) is 7.83. The van der Waals surface area contributed by atoms with Crippen molar-refractivity contribution in [3.05, 3.63) is 0 Å². The molecule has 0 heterocycles. The Labute approximate surface area is 64.1 Å². The van der Waals surface area contributed by atoms with E-state index in [1.54, 1.807) is 0 Å². The molecule has 0 radical (unpaired) electrons. The summed E-state index contributed by atoms with van der Waals surface area (Å²) in [5.41, 5.74) is 0. The van der Waals surface area contributed by atoms with Gasteiger partial charge in [0.25, 0.3) is 0 Å². The molecule has 0 bridgehead atoms. The molecule has 1 aliphatic carbocycles. The Bertz CT molecular complexity index is 169. The van der Waals surface area contributed by atoms with Crippen LogP contribution in [0.2, 0.25) is 24.7 Å². The number of rotatable bonds is 2. The van der Waals surface area contributed by atoms with Crippen LogP contribution in [-0.2, 0) is 0 Å². The van der Waals surface area contributed by atoms with Crippen molar-refractivity contribution in [1.29, 1.82) is 5.26 Å². The third kappa shape index (κ3) is 1.11. The molecule has 0 aromatic rings. The summed E-state index contributed by atoms with van der Waals surface area (Å²) in [6.45, 7) is 7.12. The van der Waals surface area contributed by atoms with Crippen molar-refractivity contribution >= 4 is 8.07 Å². The van der Waals surface area contributed by atoms with Gasteiger partial charge in [-0.2, -0.15) is 5.26 Å². The molecule has 0 atom stereocenters. The zero-order valence-electron chi connectivity index (χ0n) is 7.07. The summed E-state index contributed by atoms with van der Waals surface area (Å²) < 4.78 is 0. The minimum absolute atomic E-state index is 0.516. The Morgan fingerprint density at radius 1 is 1.40 bits per heavy atom. The van der Waals surface area contributed by atoms with E-state index in [2.05, 4.69) is 25.7 Å². The van der Waals surface area contributed by atoms with Crippen LogP contribution in [-0.4, -0.2) is 8.07 Å². The van der Waals surface area contributed by atoms with Gasteiger partial charge in [-0.25, -0.2) is 0 Å². The fourth-order valence-electron chi connectivity index (χ4n) is 1.49. The number of nitrogens with zero attached hydrogens (tertiary/aromatic N) is 1. The van der Waals surface area contributed by atoms with Crippen LogP contribution in [0, 0.1) is 11.3 Å². The fraction of sp³-hybridized carbons (Fsp3) is 0.875. The minimum atomic E-state index is -1.02. The summed E-state index contributed by atoms with van der Waals surface area (Å²) in [4.78, 5) is 0. The van der Waals surface area contributed by atoms with Crippen LogP contribution >= 0.6 is 0 Å². The topological polar surface area (TPSA) is 23.8 Å². The van der Waals surface area contributed by atoms with Crippen molar-refractivity contribution in [3.8, 4) is 6.07 Å². The van der Waals surface area contributed by atoms with Gasteiger partial charge < -0.3 is 0 Å². The van der Waals surface area contributed by atoms with E-state index < -0.39 is 8.07 Å². The van der Waals surface area contributed by atoms with E-state index in [9.17, 15) is 0 Å². The molecule has 2 heteroatoms. The van der Waals surface area contributed by atoms with Gasteiger partial charge in [0.05, 0.1) is 14.1 Å². The first-order valence-electron chi connectivity index (χ1n) is 3.89. The number of nitriles is 1. The summed E-state index contributed by atoms with van der Waals surface area (Å²) in [6, 6.07) is 2.31. The Kier molecular flexibility index (Phi) is 1.64. The zero-order valence-corrected chi connectivity index (χ0v) is 8.07. The Balaban J connectivity index is 2.63. The van der Waals surface area contributed by atoms with Crippen molar-refractivity contribution in [2.75, 3.05) is 0 Å². The van der Waals surface area contributed by atoms with Gasteiger partial charge in [-0.05, 0) is 17.9 Å². The van der Waals surface area contributed by atoms with Crippen LogP contribution in [0.15, 0.2) is 0 Å². The predicted molar refractivity (Wildman–Crippen MR) is 45.5 cm³/mol. The highest BCUT2D eigenvalue weighted by Crippen LogP contribution is 2.62. The van der Waals surface area contributed by atoms with E-state index in [1.807, 2.05) is 0 Å². The van der Waals surface area contributed by atoms with Gasteiger partial charge in [0.15, 0.2) is 0 Å². The highest BCUT2D eigenvalue weighted by atomic mass is 28.3. The quantitative estimate of drug-likeness (QED) is 0.560. The highest BCUT2D eigenvalue weighted by Gasteiger charge is 2.52. The lowest BCUT2D eigenvalue weighted by molar-refractivity contribution is 0.851. The molecular weight excluding hydrogens is 138 g/mol. The van der Waals surface area contributed by atoms with Gasteiger partial charge in [-0.15, -0.1) is 0 Å². The number of hydrogen-bond donors (Lipinski definition) is 0. The van der Waals surface area contributed by atoms with Crippen LogP contribution in [0.1, 0.15) is 19.3 Å². The average Bonchev–Trinajstić information content (AvgIpc) is 2.45. The second kappa shape index (κ2) is 2.10. The molecule has 0 aliphatic heterocycles. The Morgan fingerprint density at radius 2 is 1.90 bits per heavy atom. The van der Waals surface area contributed by atoms with Crippen LogP contribution < -0.4 is 0 Å².